The Balaban J connectivity index is 1.64. The fourth-order valence-electron chi connectivity index (χ4n) is 2.70. The molecule has 6 nitrogen and oxygen atoms in total. The van der Waals surface area contributed by atoms with Gasteiger partial charge in [-0.1, -0.05) is 0 Å². The van der Waals surface area contributed by atoms with Crippen LogP contribution in [0.3, 0.4) is 0 Å². The van der Waals surface area contributed by atoms with Gasteiger partial charge in [0.25, 0.3) is 0 Å². The molecule has 0 saturated carbocycles. The maximum atomic E-state index is 12.0. The third-order valence-corrected chi connectivity index (χ3v) is 4.65. The maximum Gasteiger partial charge on any atom is 0.234 e. The molecular formula is C16H28N4O2S. The molecule has 2 rings (SSSR count). The molecule has 7 heteroatoms. The van der Waals surface area contributed by atoms with Gasteiger partial charge in [0.2, 0.25) is 5.91 Å². The van der Waals surface area contributed by atoms with E-state index in [-0.39, 0.29) is 12.0 Å². The second-order valence-electron chi connectivity index (χ2n) is 6.22. The van der Waals surface area contributed by atoms with Gasteiger partial charge in [-0.25, -0.2) is 4.98 Å². The average Bonchev–Trinajstić information content (AvgIpc) is 3.00. The summed E-state index contributed by atoms with van der Waals surface area (Å²) in [5.41, 5.74) is 0. The molecule has 1 amide bonds. The minimum atomic E-state index is 0.101. The number of ether oxygens (including phenoxy) is 1. The van der Waals surface area contributed by atoms with E-state index in [2.05, 4.69) is 27.0 Å². The molecule has 1 aromatic rings. The van der Waals surface area contributed by atoms with Crippen LogP contribution >= 0.6 is 11.3 Å². The van der Waals surface area contributed by atoms with Crippen LogP contribution in [-0.4, -0.2) is 67.3 Å². The normalized spacial score (nSPS) is 19.3. The average molecular weight is 340 g/mol. The SMILES string of the molecule is CC(C)OCCCNC(=O)CN1CCN(c2nccs2)[C@@H](C)C1. The predicted octanol–water partition coefficient (Wildman–Crippen LogP) is 1.58. The quantitative estimate of drug-likeness (QED) is 0.728. The zero-order valence-electron chi connectivity index (χ0n) is 14.3. The maximum absolute atomic E-state index is 12.0. The highest BCUT2D eigenvalue weighted by atomic mass is 32.1. The van der Waals surface area contributed by atoms with Crippen LogP contribution in [0, 0.1) is 0 Å². The molecule has 1 atom stereocenters. The van der Waals surface area contributed by atoms with Crippen molar-refractivity contribution in [3.05, 3.63) is 11.6 Å². The van der Waals surface area contributed by atoms with Crippen LogP contribution in [0.5, 0.6) is 0 Å². The lowest BCUT2D eigenvalue weighted by atomic mass is 10.2. The van der Waals surface area contributed by atoms with Gasteiger partial charge in [-0.3, -0.25) is 9.69 Å². The summed E-state index contributed by atoms with van der Waals surface area (Å²) >= 11 is 1.67. The predicted molar refractivity (Wildman–Crippen MR) is 94.1 cm³/mol. The number of nitrogens with zero attached hydrogens (tertiary/aromatic N) is 3. The lowest BCUT2D eigenvalue weighted by molar-refractivity contribution is -0.122. The van der Waals surface area contributed by atoms with E-state index in [9.17, 15) is 4.79 Å². The number of carbonyl (C=O) groups is 1. The first-order valence-corrected chi connectivity index (χ1v) is 9.21. The van der Waals surface area contributed by atoms with Gasteiger partial charge < -0.3 is 15.0 Å². The molecule has 1 N–H and O–H groups in total. The first-order chi connectivity index (χ1) is 11.1. The summed E-state index contributed by atoms with van der Waals surface area (Å²) in [5, 5.41) is 6.05. The summed E-state index contributed by atoms with van der Waals surface area (Å²) in [4.78, 5) is 20.9. The standard InChI is InChI=1S/C16H28N4O2S/c1-13(2)22-9-4-5-17-15(21)12-19-7-8-20(14(3)11-19)16-18-6-10-23-16/h6,10,13-14H,4-5,7-9,11-12H2,1-3H3,(H,17,21)/t14-/m0/s1. The molecule has 0 aromatic carbocycles. The minimum absolute atomic E-state index is 0.101. The van der Waals surface area contributed by atoms with Crippen molar-refractivity contribution in [2.24, 2.45) is 0 Å². The highest BCUT2D eigenvalue weighted by Crippen LogP contribution is 2.22. The van der Waals surface area contributed by atoms with Gasteiger partial charge in [-0.15, -0.1) is 11.3 Å². The molecule has 0 bridgehead atoms. The summed E-state index contributed by atoms with van der Waals surface area (Å²) < 4.78 is 5.46. The number of piperazine rings is 1. The Hall–Kier alpha value is -1.18. The summed E-state index contributed by atoms with van der Waals surface area (Å²) in [6, 6.07) is 0.377. The second kappa shape index (κ2) is 9.20. The number of rotatable bonds is 8. The number of thiazole rings is 1. The van der Waals surface area contributed by atoms with Crippen molar-refractivity contribution in [3.63, 3.8) is 0 Å². The molecule has 23 heavy (non-hydrogen) atoms. The molecule has 1 fully saturated rings. The number of amides is 1. The molecule has 130 valence electrons. The van der Waals surface area contributed by atoms with E-state index in [1.807, 2.05) is 25.4 Å². The molecule has 1 aliphatic rings. The number of hydrogen-bond acceptors (Lipinski definition) is 6. The van der Waals surface area contributed by atoms with Crippen LogP contribution in [0.1, 0.15) is 27.2 Å². The van der Waals surface area contributed by atoms with Crippen LogP contribution in [0.4, 0.5) is 5.13 Å². The van der Waals surface area contributed by atoms with Crippen LogP contribution in [-0.2, 0) is 9.53 Å². The number of nitrogens with one attached hydrogen (secondary N) is 1. The zero-order chi connectivity index (χ0) is 16.7. The molecule has 0 unspecified atom stereocenters. The van der Waals surface area contributed by atoms with E-state index in [0.717, 1.165) is 31.2 Å². The van der Waals surface area contributed by atoms with Crippen molar-refractivity contribution in [1.29, 1.82) is 0 Å². The van der Waals surface area contributed by atoms with Gasteiger partial charge in [0, 0.05) is 50.4 Å². The van der Waals surface area contributed by atoms with Gasteiger partial charge in [0.05, 0.1) is 12.6 Å². The van der Waals surface area contributed by atoms with E-state index in [4.69, 9.17) is 4.74 Å². The van der Waals surface area contributed by atoms with E-state index >= 15 is 0 Å². The van der Waals surface area contributed by atoms with Crippen molar-refractivity contribution in [2.45, 2.75) is 39.3 Å². The fourth-order valence-corrected chi connectivity index (χ4v) is 3.47. The van der Waals surface area contributed by atoms with Crippen molar-refractivity contribution < 1.29 is 9.53 Å². The molecule has 2 heterocycles. The third-order valence-electron chi connectivity index (χ3n) is 3.84. The topological polar surface area (TPSA) is 57.7 Å². The van der Waals surface area contributed by atoms with Gasteiger partial charge in [-0.2, -0.15) is 0 Å². The smallest absolute Gasteiger partial charge is 0.234 e. The molecule has 0 aliphatic carbocycles. The van der Waals surface area contributed by atoms with Crippen molar-refractivity contribution in [1.82, 2.24) is 15.2 Å². The van der Waals surface area contributed by atoms with Gasteiger partial charge in [0.1, 0.15) is 0 Å². The van der Waals surface area contributed by atoms with Crippen molar-refractivity contribution >= 4 is 22.4 Å². The number of carbonyl (C=O) groups excluding carboxylic acids is 1. The summed E-state index contributed by atoms with van der Waals surface area (Å²) in [7, 11) is 0. The Bertz CT molecular complexity index is 467. The minimum Gasteiger partial charge on any atom is -0.379 e. The van der Waals surface area contributed by atoms with Crippen molar-refractivity contribution in [3.8, 4) is 0 Å². The Kier molecular flexibility index (Phi) is 7.26. The highest BCUT2D eigenvalue weighted by molar-refractivity contribution is 7.13. The molecule has 0 radical (unpaired) electrons. The molecule has 1 aromatic heterocycles. The second-order valence-corrected chi connectivity index (χ2v) is 7.09. The largest absolute Gasteiger partial charge is 0.379 e. The molecular weight excluding hydrogens is 312 g/mol. The monoisotopic (exact) mass is 340 g/mol. The van der Waals surface area contributed by atoms with E-state index < -0.39 is 0 Å². The van der Waals surface area contributed by atoms with Crippen LogP contribution in [0.2, 0.25) is 0 Å². The lowest BCUT2D eigenvalue weighted by Crippen LogP contribution is -2.54. The molecule has 0 spiro atoms. The molecule has 1 aliphatic heterocycles. The highest BCUT2D eigenvalue weighted by Gasteiger charge is 2.26. The Morgan fingerprint density at radius 2 is 2.35 bits per heavy atom. The number of anilines is 1. The van der Waals surface area contributed by atoms with Crippen LogP contribution in [0.15, 0.2) is 11.6 Å². The molecule has 1 saturated heterocycles. The van der Waals surface area contributed by atoms with Gasteiger partial charge >= 0.3 is 0 Å². The first-order valence-electron chi connectivity index (χ1n) is 8.33. The summed E-state index contributed by atoms with van der Waals surface area (Å²) in [6.45, 7) is 10.8. The van der Waals surface area contributed by atoms with Crippen molar-refractivity contribution in [2.75, 3.05) is 44.2 Å². The zero-order valence-corrected chi connectivity index (χ0v) is 15.1. The van der Waals surface area contributed by atoms with Crippen LogP contribution < -0.4 is 10.2 Å². The summed E-state index contributed by atoms with van der Waals surface area (Å²) in [5.74, 6) is 0.101. The van der Waals surface area contributed by atoms with Crippen LogP contribution in [0.25, 0.3) is 0 Å². The van der Waals surface area contributed by atoms with Gasteiger partial charge in [-0.05, 0) is 27.2 Å². The van der Waals surface area contributed by atoms with E-state index in [0.29, 0.717) is 25.7 Å². The third kappa shape index (κ3) is 6.08. The van der Waals surface area contributed by atoms with Gasteiger partial charge in [0.15, 0.2) is 5.13 Å². The Morgan fingerprint density at radius 3 is 3.00 bits per heavy atom. The Morgan fingerprint density at radius 1 is 1.52 bits per heavy atom. The number of hydrogen-bond donors (Lipinski definition) is 1. The fraction of sp³-hybridized carbons (Fsp3) is 0.750. The van der Waals surface area contributed by atoms with E-state index in [1.165, 1.54) is 0 Å². The lowest BCUT2D eigenvalue weighted by Gasteiger charge is -2.39. The first kappa shape index (κ1) is 18.2. The van der Waals surface area contributed by atoms with E-state index in [1.54, 1.807) is 11.3 Å². The Labute approximate surface area is 142 Å². The summed E-state index contributed by atoms with van der Waals surface area (Å²) in [6.07, 6.45) is 2.95. The number of aromatic nitrogens is 1.